The van der Waals surface area contributed by atoms with E-state index < -0.39 is 5.60 Å². The Bertz CT molecular complexity index is 581. The Balaban J connectivity index is 1.92. The first-order valence-corrected chi connectivity index (χ1v) is 6.17. The van der Waals surface area contributed by atoms with Gasteiger partial charge in [-0.25, -0.2) is 4.39 Å². The van der Waals surface area contributed by atoms with Crippen LogP contribution in [0.2, 0.25) is 5.02 Å². The summed E-state index contributed by atoms with van der Waals surface area (Å²) in [5.41, 5.74) is 1.54. The lowest BCUT2D eigenvalue weighted by molar-refractivity contribution is 0.313. The van der Waals surface area contributed by atoms with E-state index in [1.165, 1.54) is 12.1 Å². The highest BCUT2D eigenvalue weighted by molar-refractivity contribution is 6.31. The summed E-state index contributed by atoms with van der Waals surface area (Å²) in [4.78, 5) is 0. The van der Waals surface area contributed by atoms with E-state index in [4.69, 9.17) is 16.3 Å². The first-order chi connectivity index (χ1) is 8.61. The molecular weight excluding hydrogens is 251 g/mol. The molecule has 2 atom stereocenters. The van der Waals surface area contributed by atoms with Gasteiger partial charge in [0, 0.05) is 10.6 Å². The lowest BCUT2D eigenvalue weighted by Crippen LogP contribution is -2.04. The lowest BCUT2D eigenvalue weighted by atomic mass is 9.93. The Kier molecular flexibility index (Phi) is 2.65. The zero-order chi connectivity index (χ0) is 12.8. The molecule has 2 aromatic rings. The predicted octanol–water partition coefficient (Wildman–Crippen LogP) is 4.47. The second-order valence-electron chi connectivity index (χ2n) is 4.63. The zero-order valence-electron chi connectivity index (χ0n) is 9.86. The van der Waals surface area contributed by atoms with Crippen LogP contribution in [-0.2, 0) is 10.3 Å². The average molecular weight is 263 g/mol. The van der Waals surface area contributed by atoms with Crippen molar-refractivity contribution in [1.29, 1.82) is 0 Å². The summed E-state index contributed by atoms with van der Waals surface area (Å²) in [6.07, 6.45) is -0.0586. The Hall–Kier alpha value is -1.38. The van der Waals surface area contributed by atoms with Gasteiger partial charge in [0.2, 0.25) is 0 Å². The number of rotatable bonds is 2. The van der Waals surface area contributed by atoms with E-state index in [0.29, 0.717) is 5.02 Å². The number of ether oxygens (including phenoxy) is 1. The molecule has 1 aliphatic heterocycles. The van der Waals surface area contributed by atoms with Gasteiger partial charge in [-0.15, -0.1) is 0 Å². The number of epoxide rings is 1. The molecule has 1 aliphatic rings. The fourth-order valence-corrected chi connectivity index (χ4v) is 2.49. The second kappa shape index (κ2) is 4.08. The van der Waals surface area contributed by atoms with Gasteiger partial charge in [0.25, 0.3) is 0 Å². The molecule has 1 nitrogen and oxygen atoms in total. The van der Waals surface area contributed by atoms with Gasteiger partial charge in [0.15, 0.2) is 0 Å². The van der Waals surface area contributed by atoms with Crippen molar-refractivity contribution in [2.24, 2.45) is 0 Å². The molecule has 0 radical (unpaired) electrons. The number of hydrogen-bond donors (Lipinski definition) is 0. The van der Waals surface area contributed by atoms with Crippen LogP contribution in [0.15, 0.2) is 48.5 Å². The van der Waals surface area contributed by atoms with Crippen molar-refractivity contribution in [2.45, 2.75) is 18.6 Å². The Morgan fingerprint density at radius 1 is 1.11 bits per heavy atom. The predicted molar refractivity (Wildman–Crippen MR) is 69.0 cm³/mol. The van der Waals surface area contributed by atoms with Gasteiger partial charge in [-0.05, 0) is 30.7 Å². The van der Waals surface area contributed by atoms with Crippen LogP contribution in [0.25, 0.3) is 0 Å². The monoisotopic (exact) mass is 262 g/mol. The van der Waals surface area contributed by atoms with E-state index in [1.54, 1.807) is 12.1 Å². The smallest absolute Gasteiger partial charge is 0.123 e. The Labute approximate surface area is 110 Å². The molecule has 0 spiro atoms. The molecule has 1 fully saturated rings. The first-order valence-electron chi connectivity index (χ1n) is 5.79. The third-order valence-electron chi connectivity index (χ3n) is 3.41. The largest absolute Gasteiger partial charge is 0.356 e. The molecule has 1 saturated heterocycles. The van der Waals surface area contributed by atoms with Crippen molar-refractivity contribution < 1.29 is 9.13 Å². The number of hydrogen-bond acceptors (Lipinski definition) is 1. The average Bonchev–Trinajstić information content (AvgIpc) is 3.04. The molecule has 0 bridgehead atoms. The van der Waals surface area contributed by atoms with Crippen LogP contribution in [0, 0.1) is 5.82 Å². The first kappa shape index (κ1) is 11.7. The van der Waals surface area contributed by atoms with E-state index in [2.05, 4.69) is 0 Å². The highest BCUT2D eigenvalue weighted by atomic mass is 35.5. The summed E-state index contributed by atoms with van der Waals surface area (Å²) in [5.74, 6) is -0.239. The van der Waals surface area contributed by atoms with E-state index in [-0.39, 0.29) is 11.9 Å². The molecule has 2 unspecified atom stereocenters. The van der Waals surface area contributed by atoms with Crippen molar-refractivity contribution in [1.82, 2.24) is 0 Å². The summed E-state index contributed by atoms with van der Waals surface area (Å²) in [7, 11) is 0. The Morgan fingerprint density at radius 3 is 2.44 bits per heavy atom. The summed E-state index contributed by atoms with van der Waals surface area (Å²) in [6, 6.07) is 14.1. The van der Waals surface area contributed by atoms with E-state index in [1.807, 2.05) is 31.2 Å². The molecule has 3 heteroatoms. The lowest BCUT2D eigenvalue weighted by Gasteiger charge is -2.07. The molecule has 2 aromatic carbocycles. The van der Waals surface area contributed by atoms with Crippen molar-refractivity contribution in [3.05, 3.63) is 70.5 Å². The van der Waals surface area contributed by atoms with Crippen LogP contribution in [0.4, 0.5) is 4.39 Å². The van der Waals surface area contributed by atoms with Crippen LogP contribution >= 0.6 is 11.6 Å². The van der Waals surface area contributed by atoms with Crippen molar-refractivity contribution in [2.75, 3.05) is 0 Å². The van der Waals surface area contributed by atoms with Gasteiger partial charge in [0.1, 0.15) is 17.5 Å². The minimum atomic E-state index is -0.404. The fourth-order valence-electron chi connectivity index (χ4n) is 2.26. The highest BCUT2D eigenvalue weighted by Gasteiger charge is 2.55. The quantitative estimate of drug-likeness (QED) is 0.728. The minimum absolute atomic E-state index is 0.0586. The zero-order valence-corrected chi connectivity index (χ0v) is 10.6. The Morgan fingerprint density at radius 2 is 1.78 bits per heavy atom. The summed E-state index contributed by atoms with van der Waals surface area (Å²) < 4.78 is 18.7. The van der Waals surface area contributed by atoms with Gasteiger partial charge in [-0.2, -0.15) is 0 Å². The second-order valence-corrected chi connectivity index (χ2v) is 5.04. The summed E-state index contributed by atoms with van der Waals surface area (Å²) in [5, 5.41) is 0.702. The molecule has 1 heterocycles. The van der Waals surface area contributed by atoms with Crippen molar-refractivity contribution in [3.8, 4) is 0 Å². The summed E-state index contributed by atoms with van der Waals surface area (Å²) >= 11 is 6.16. The van der Waals surface area contributed by atoms with Crippen LogP contribution in [0.5, 0.6) is 0 Å². The third-order valence-corrected chi connectivity index (χ3v) is 3.76. The van der Waals surface area contributed by atoms with Crippen LogP contribution in [0.1, 0.15) is 24.2 Å². The highest BCUT2D eigenvalue weighted by Crippen LogP contribution is 2.57. The van der Waals surface area contributed by atoms with E-state index in [9.17, 15) is 4.39 Å². The molecule has 0 N–H and O–H groups in total. The van der Waals surface area contributed by atoms with E-state index in [0.717, 1.165) is 11.1 Å². The molecular formula is C15H12ClFO. The van der Waals surface area contributed by atoms with Gasteiger partial charge in [-0.3, -0.25) is 0 Å². The van der Waals surface area contributed by atoms with Crippen LogP contribution in [-0.4, -0.2) is 0 Å². The van der Waals surface area contributed by atoms with Gasteiger partial charge < -0.3 is 4.74 Å². The molecule has 18 heavy (non-hydrogen) atoms. The molecule has 0 aliphatic carbocycles. The van der Waals surface area contributed by atoms with Gasteiger partial charge >= 0.3 is 0 Å². The van der Waals surface area contributed by atoms with E-state index >= 15 is 0 Å². The normalized spacial score (nSPS) is 26.1. The van der Waals surface area contributed by atoms with Crippen LogP contribution in [0.3, 0.4) is 0 Å². The number of halogens is 2. The molecule has 0 amide bonds. The molecule has 92 valence electrons. The molecule has 3 rings (SSSR count). The van der Waals surface area contributed by atoms with Crippen molar-refractivity contribution >= 4 is 11.6 Å². The third kappa shape index (κ3) is 1.82. The van der Waals surface area contributed by atoms with Gasteiger partial charge in [0.05, 0.1) is 0 Å². The summed E-state index contributed by atoms with van der Waals surface area (Å²) in [6.45, 7) is 1.99. The maximum absolute atomic E-state index is 12.9. The standard InChI is InChI=1S/C15H12ClFO/c1-15(10-6-8-11(17)9-7-10)14(18-15)12-4-2-3-5-13(12)16/h2-9,14H,1H3. The molecule has 0 saturated carbocycles. The van der Waals surface area contributed by atoms with Crippen LogP contribution < -0.4 is 0 Å². The maximum Gasteiger partial charge on any atom is 0.123 e. The maximum atomic E-state index is 12.9. The number of benzene rings is 2. The van der Waals surface area contributed by atoms with Crippen molar-refractivity contribution in [3.63, 3.8) is 0 Å². The topological polar surface area (TPSA) is 12.5 Å². The minimum Gasteiger partial charge on any atom is -0.356 e. The fraction of sp³-hybridized carbons (Fsp3) is 0.200. The molecule has 0 aromatic heterocycles. The SMILES string of the molecule is CC1(c2ccc(F)cc2)OC1c1ccccc1Cl. The van der Waals surface area contributed by atoms with Gasteiger partial charge in [-0.1, -0.05) is 41.9 Å².